The highest BCUT2D eigenvalue weighted by Gasteiger charge is 2.57. The molecule has 2 unspecified atom stereocenters. The van der Waals surface area contributed by atoms with Gasteiger partial charge in [0.2, 0.25) is 0 Å². The van der Waals surface area contributed by atoms with Crippen LogP contribution in [-0.4, -0.2) is 29.6 Å². The molecule has 80 valence electrons. The molecule has 0 radical (unpaired) electrons. The standard InChI is InChI=1S/C10H16O3S/c11-10(7-1-2-7)5-8-3-4-9(6-10)14(8,12)13/h7-9,11H,1-6H2. The van der Waals surface area contributed by atoms with Crippen molar-refractivity contribution in [3.63, 3.8) is 0 Å². The Kier molecular flexibility index (Phi) is 1.65. The van der Waals surface area contributed by atoms with Crippen LogP contribution in [0.5, 0.6) is 0 Å². The van der Waals surface area contributed by atoms with E-state index in [1.807, 2.05) is 0 Å². The van der Waals surface area contributed by atoms with Gasteiger partial charge in [0.15, 0.2) is 9.84 Å². The zero-order valence-electron chi connectivity index (χ0n) is 8.15. The summed E-state index contributed by atoms with van der Waals surface area (Å²) in [6, 6.07) is 0. The first kappa shape index (κ1) is 9.16. The lowest BCUT2D eigenvalue weighted by molar-refractivity contribution is -0.000263. The van der Waals surface area contributed by atoms with Crippen molar-refractivity contribution in [2.45, 2.75) is 54.6 Å². The SMILES string of the molecule is O=S1(=O)C2CCC1CC(O)(C1CC1)C2. The van der Waals surface area contributed by atoms with Crippen LogP contribution in [0.4, 0.5) is 0 Å². The van der Waals surface area contributed by atoms with E-state index < -0.39 is 15.4 Å². The summed E-state index contributed by atoms with van der Waals surface area (Å²) in [5.74, 6) is 0.404. The monoisotopic (exact) mass is 216 g/mol. The van der Waals surface area contributed by atoms with Gasteiger partial charge in [-0.2, -0.15) is 0 Å². The minimum absolute atomic E-state index is 0.230. The summed E-state index contributed by atoms with van der Waals surface area (Å²) in [6.45, 7) is 0. The van der Waals surface area contributed by atoms with E-state index in [4.69, 9.17) is 0 Å². The van der Waals surface area contributed by atoms with E-state index in [2.05, 4.69) is 0 Å². The topological polar surface area (TPSA) is 54.4 Å². The van der Waals surface area contributed by atoms with E-state index in [9.17, 15) is 13.5 Å². The fourth-order valence-electron chi connectivity index (χ4n) is 3.23. The quantitative estimate of drug-likeness (QED) is 0.707. The molecular weight excluding hydrogens is 200 g/mol. The van der Waals surface area contributed by atoms with Gasteiger partial charge in [-0.05, 0) is 44.4 Å². The summed E-state index contributed by atoms with van der Waals surface area (Å²) in [5, 5.41) is 9.90. The summed E-state index contributed by atoms with van der Waals surface area (Å²) in [7, 11) is -2.87. The van der Waals surface area contributed by atoms with Gasteiger partial charge in [0.1, 0.15) is 0 Å². The van der Waals surface area contributed by atoms with Gasteiger partial charge in [-0.25, -0.2) is 8.42 Å². The van der Waals surface area contributed by atoms with E-state index in [0.29, 0.717) is 18.8 Å². The summed E-state index contributed by atoms with van der Waals surface area (Å²) in [6.07, 6.45) is 4.77. The molecule has 0 amide bonds. The highest BCUT2D eigenvalue weighted by molar-refractivity contribution is 7.93. The van der Waals surface area contributed by atoms with Crippen molar-refractivity contribution < 1.29 is 13.5 Å². The summed E-state index contributed by atoms with van der Waals surface area (Å²) >= 11 is 0. The molecule has 1 N–H and O–H groups in total. The molecule has 2 aliphatic heterocycles. The third-order valence-corrected chi connectivity index (χ3v) is 6.90. The number of fused-ring (bicyclic) bond motifs is 2. The average molecular weight is 216 g/mol. The largest absolute Gasteiger partial charge is 0.390 e. The van der Waals surface area contributed by atoms with Crippen molar-refractivity contribution in [1.82, 2.24) is 0 Å². The fraction of sp³-hybridized carbons (Fsp3) is 1.00. The van der Waals surface area contributed by atoms with Crippen LogP contribution in [0.2, 0.25) is 0 Å². The maximum absolute atomic E-state index is 11.8. The van der Waals surface area contributed by atoms with Gasteiger partial charge in [-0.1, -0.05) is 0 Å². The Morgan fingerprint density at radius 3 is 1.93 bits per heavy atom. The third-order valence-electron chi connectivity index (χ3n) is 4.24. The molecule has 4 heteroatoms. The van der Waals surface area contributed by atoms with E-state index in [-0.39, 0.29) is 10.5 Å². The molecule has 3 nitrogen and oxygen atoms in total. The highest BCUT2D eigenvalue weighted by Crippen LogP contribution is 2.52. The molecule has 0 spiro atoms. The summed E-state index contributed by atoms with van der Waals surface area (Å²) in [5.41, 5.74) is -0.628. The van der Waals surface area contributed by atoms with Crippen LogP contribution in [0.3, 0.4) is 0 Å². The molecular formula is C10H16O3S. The number of hydrogen-bond donors (Lipinski definition) is 1. The summed E-state index contributed by atoms with van der Waals surface area (Å²) < 4.78 is 23.6. The maximum Gasteiger partial charge on any atom is 0.156 e. The van der Waals surface area contributed by atoms with Crippen LogP contribution in [0.1, 0.15) is 38.5 Å². The number of hydrogen-bond acceptors (Lipinski definition) is 3. The number of aliphatic hydroxyl groups is 1. The lowest BCUT2D eigenvalue weighted by atomic mass is 9.88. The lowest BCUT2D eigenvalue weighted by Gasteiger charge is -2.36. The van der Waals surface area contributed by atoms with Gasteiger partial charge < -0.3 is 5.11 Å². The molecule has 2 bridgehead atoms. The Bertz CT molecular complexity index is 336. The van der Waals surface area contributed by atoms with Crippen LogP contribution >= 0.6 is 0 Å². The van der Waals surface area contributed by atoms with Crippen LogP contribution in [0.25, 0.3) is 0 Å². The van der Waals surface area contributed by atoms with Crippen molar-refractivity contribution >= 4 is 9.84 Å². The van der Waals surface area contributed by atoms with Gasteiger partial charge in [0.05, 0.1) is 16.1 Å². The molecule has 0 aromatic rings. The van der Waals surface area contributed by atoms with Crippen molar-refractivity contribution in [3.05, 3.63) is 0 Å². The predicted octanol–water partition coefficient (Wildman–Crippen LogP) is 0.867. The van der Waals surface area contributed by atoms with Gasteiger partial charge in [0, 0.05) is 0 Å². The van der Waals surface area contributed by atoms with Crippen molar-refractivity contribution in [3.8, 4) is 0 Å². The van der Waals surface area contributed by atoms with E-state index in [0.717, 1.165) is 25.7 Å². The van der Waals surface area contributed by atoms with Crippen LogP contribution in [-0.2, 0) is 9.84 Å². The second kappa shape index (κ2) is 2.53. The molecule has 2 heterocycles. The maximum atomic E-state index is 11.8. The second-order valence-corrected chi connectivity index (χ2v) is 7.71. The molecule has 14 heavy (non-hydrogen) atoms. The Hall–Kier alpha value is -0.0900. The Morgan fingerprint density at radius 2 is 1.50 bits per heavy atom. The first-order valence-electron chi connectivity index (χ1n) is 5.47. The van der Waals surface area contributed by atoms with Crippen molar-refractivity contribution in [2.75, 3.05) is 0 Å². The molecule has 3 rings (SSSR count). The molecule has 1 aliphatic carbocycles. The molecule has 2 saturated heterocycles. The average Bonchev–Trinajstić information content (AvgIpc) is 2.84. The van der Waals surface area contributed by atoms with Crippen LogP contribution < -0.4 is 0 Å². The molecule has 3 aliphatic rings. The lowest BCUT2D eigenvalue weighted by Crippen LogP contribution is -2.46. The minimum Gasteiger partial charge on any atom is -0.390 e. The van der Waals surface area contributed by atoms with Gasteiger partial charge in [-0.15, -0.1) is 0 Å². The van der Waals surface area contributed by atoms with E-state index >= 15 is 0 Å². The van der Waals surface area contributed by atoms with Gasteiger partial charge in [0.25, 0.3) is 0 Å². The first-order chi connectivity index (χ1) is 6.52. The third kappa shape index (κ3) is 1.10. The smallest absolute Gasteiger partial charge is 0.156 e. The van der Waals surface area contributed by atoms with E-state index in [1.54, 1.807) is 0 Å². The fourth-order valence-corrected chi connectivity index (χ4v) is 5.75. The zero-order chi connectivity index (χ0) is 9.97. The number of sulfone groups is 1. The summed E-state index contributed by atoms with van der Waals surface area (Å²) in [4.78, 5) is 0. The van der Waals surface area contributed by atoms with Gasteiger partial charge in [-0.3, -0.25) is 0 Å². The second-order valence-electron chi connectivity index (χ2n) is 5.20. The normalized spacial score (nSPS) is 50.6. The highest BCUT2D eigenvalue weighted by atomic mass is 32.2. The Balaban J connectivity index is 1.93. The minimum atomic E-state index is -2.87. The molecule has 0 aromatic carbocycles. The van der Waals surface area contributed by atoms with Crippen molar-refractivity contribution in [1.29, 1.82) is 0 Å². The van der Waals surface area contributed by atoms with Crippen LogP contribution in [0, 0.1) is 5.92 Å². The first-order valence-corrected chi connectivity index (χ1v) is 7.08. The molecule has 3 fully saturated rings. The number of rotatable bonds is 1. The van der Waals surface area contributed by atoms with Crippen molar-refractivity contribution in [2.24, 2.45) is 5.92 Å². The molecule has 1 saturated carbocycles. The molecule has 0 aromatic heterocycles. The molecule has 2 atom stereocenters. The predicted molar refractivity (Wildman–Crippen MR) is 52.6 cm³/mol. The van der Waals surface area contributed by atoms with Crippen LogP contribution in [0.15, 0.2) is 0 Å². The van der Waals surface area contributed by atoms with Gasteiger partial charge >= 0.3 is 0 Å². The zero-order valence-corrected chi connectivity index (χ0v) is 8.96. The Labute approximate surface area is 84.4 Å². The van der Waals surface area contributed by atoms with E-state index in [1.165, 1.54) is 0 Å². The Morgan fingerprint density at radius 1 is 1.00 bits per heavy atom.